The van der Waals surface area contributed by atoms with E-state index < -0.39 is 0 Å². The zero-order chi connectivity index (χ0) is 14.5. The van der Waals surface area contributed by atoms with E-state index in [1.807, 2.05) is 32.0 Å². The van der Waals surface area contributed by atoms with Crippen LogP contribution >= 0.6 is 0 Å². The topological polar surface area (TPSA) is 70.2 Å². The van der Waals surface area contributed by atoms with Crippen LogP contribution in [-0.2, 0) is 4.79 Å². The number of carbonyl (C=O) groups is 1. The van der Waals surface area contributed by atoms with E-state index in [2.05, 4.69) is 20.6 Å². The Morgan fingerprint density at radius 3 is 2.80 bits per heavy atom. The quantitative estimate of drug-likeness (QED) is 0.787. The van der Waals surface area contributed by atoms with E-state index in [9.17, 15) is 4.79 Å². The lowest BCUT2D eigenvalue weighted by Crippen LogP contribution is -2.36. The van der Waals surface area contributed by atoms with Crippen LogP contribution in [0.3, 0.4) is 0 Å². The Morgan fingerprint density at radius 2 is 2.20 bits per heavy atom. The summed E-state index contributed by atoms with van der Waals surface area (Å²) in [4.78, 5) is 22.7. The summed E-state index contributed by atoms with van der Waals surface area (Å²) < 4.78 is 0. The Bertz CT molecular complexity index is 473. The molecule has 0 unspecified atom stereocenters. The van der Waals surface area contributed by atoms with Gasteiger partial charge in [-0.1, -0.05) is 6.92 Å². The summed E-state index contributed by atoms with van der Waals surface area (Å²) in [7, 11) is 3.72. The van der Waals surface area contributed by atoms with E-state index in [0.29, 0.717) is 19.0 Å². The molecule has 1 fully saturated rings. The standard InChI is InChI=1S/C14H23N5O/c1-4-7-16-13(20)9-19(3)12-8-11(15-2)17-14(18-12)10-5-6-10/h8,10H,4-7,9H2,1-3H3,(H,16,20)(H,15,17,18). The largest absolute Gasteiger partial charge is 0.373 e. The predicted molar refractivity (Wildman–Crippen MR) is 80.1 cm³/mol. The van der Waals surface area contributed by atoms with Gasteiger partial charge in [0.05, 0.1) is 6.54 Å². The lowest BCUT2D eigenvalue weighted by molar-refractivity contribution is -0.119. The molecular weight excluding hydrogens is 254 g/mol. The molecule has 1 heterocycles. The van der Waals surface area contributed by atoms with Crippen LogP contribution in [0.4, 0.5) is 11.6 Å². The summed E-state index contributed by atoms with van der Waals surface area (Å²) >= 11 is 0. The van der Waals surface area contributed by atoms with Gasteiger partial charge in [-0.05, 0) is 19.3 Å². The van der Waals surface area contributed by atoms with Gasteiger partial charge in [-0.2, -0.15) is 0 Å². The van der Waals surface area contributed by atoms with E-state index in [1.54, 1.807) is 0 Å². The summed E-state index contributed by atoms with van der Waals surface area (Å²) in [5, 5.41) is 5.93. The van der Waals surface area contributed by atoms with Gasteiger partial charge in [0, 0.05) is 32.6 Å². The first-order valence-electron chi connectivity index (χ1n) is 7.18. The average molecular weight is 277 g/mol. The van der Waals surface area contributed by atoms with Crippen molar-refractivity contribution in [3.05, 3.63) is 11.9 Å². The number of hydrogen-bond donors (Lipinski definition) is 2. The van der Waals surface area contributed by atoms with E-state index in [-0.39, 0.29) is 5.91 Å². The van der Waals surface area contributed by atoms with Crippen LogP contribution < -0.4 is 15.5 Å². The van der Waals surface area contributed by atoms with Gasteiger partial charge in [-0.25, -0.2) is 9.97 Å². The lowest BCUT2D eigenvalue weighted by Gasteiger charge is -2.19. The number of aromatic nitrogens is 2. The number of likely N-dealkylation sites (N-methyl/N-ethyl adjacent to an activating group) is 1. The Hall–Kier alpha value is -1.85. The minimum atomic E-state index is 0.0203. The fourth-order valence-corrected chi connectivity index (χ4v) is 1.92. The third-order valence-corrected chi connectivity index (χ3v) is 3.27. The van der Waals surface area contributed by atoms with Crippen LogP contribution in [-0.4, -0.2) is 43.1 Å². The number of nitrogens with one attached hydrogen (secondary N) is 2. The number of carbonyl (C=O) groups excluding carboxylic acids is 1. The van der Waals surface area contributed by atoms with Gasteiger partial charge in [-0.15, -0.1) is 0 Å². The molecule has 0 spiro atoms. The third-order valence-electron chi connectivity index (χ3n) is 3.27. The Labute approximate surface area is 120 Å². The molecule has 1 saturated carbocycles. The van der Waals surface area contributed by atoms with Gasteiger partial charge in [0.1, 0.15) is 17.5 Å². The van der Waals surface area contributed by atoms with Gasteiger partial charge >= 0.3 is 0 Å². The van der Waals surface area contributed by atoms with E-state index in [1.165, 1.54) is 0 Å². The summed E-state index contributed by atoms with van der Waals surface area (Å²) in [5.74, 6) is 2.99. The normalized spacial score (nSPS) is 13.9. The molecule has 0 radical (unpaired) electrons. The predicted octanol–water partition coefficient (Wildman–Crippen LogP) is 1.36. The van der Waals surface area contributed by atoms with Crippen LogP contribution in [0.2, 0.25) is 0 Å². The highest BCUT2D eigenvalue weighted by Crippen LogP contribution is 2.39. The van der Waals surface area contributed by atoms with Gasteiger partial charge in [0.15, 0.2) is 0 Å². The number of hydrogen-bond acceptors (Lipinski definition) is 5. The minimum absolute atomic E-state index is 0.0203. The van der Waals surface area contributed by atoms with E-state index >= 15 is 0 Å². The molecular formula is C14H23N5O. The van der Waals surface area contributed by atoms with Gasteiger partial charge in [0.2, 0.25) is 5.91 Å². The molecule has 1 aromatic rings. The molecule has 0 saturated heterocycles. The number of anilines is 2. The smallest absolute Gasteiger partial charge is 0.239 e. The second-order valence-corrected chi connectivity index (χ2v) is 5.20. The molecule has 0 bridgehead atoms. The molecule has 1 amide bonds. The zero-order valence-electron chi connectivity index (χ0n) is 12.4. The second-order valence-electron chi connectivity index (χ2n) is 5.20. The number of nitrogens with zero attached hydrogens (tertiary/aromatic N) is 3. The van der Waals surface area contributed by atoms with Crippen molar-refractivity contribution in [1.29, 1.82) is 0 Å². The molecule has 110 valence electrons. The maximum atomic E-state index is 11.8. The molecule has 0 aliphatic heterocycles. The first kappa shape index (κ1) is 14.6. The SMILES string of the molecule is CCCNC(=O)CN(C)c1cc(NC)nc(C2CC2)n1. The maximum Gasteiger partial charge on any atom is 0.239 e. The molecule has 1 aliphatic carbocycles. The fraction of sp³-hybridized carbons (Fsp3) is 0.643. The lowest BCUT2D eigenvalue weighted by atomic mass is 10.3. The van der Waals surface area contributed by atoms with Gasteiger partial charge in [-0.3, -0.25) is 4.79 Å². The maximum absolute atomic E-state index is 11.8. The Morgan fingerprint density at radius 1 is 1.45 bits per heavy atom. The van der Waals surface area contributed by atoms with Crippen LogP contribution in [0.25, 0.3) is 0 Å². The summed E-state index contributed by atoms with van der Waals surface area (Å²) in [5.41, 5.74) is 0. The summed E-state index contributed by atoms with van der Waals surface area (Å²) in [6.07, 6.45) is 3.26. The third kappa shape index (κ3) is 3.82. The van der Waals surface area contributed by atoms with Crippen LogP contribution in [0.15, 0.2) is 6.07 Å². The fourth-order valence-electron chi connectivity index (χ4n) is 1.92. The van der Waals surface area contributed by atoms with Crippen molar-refractivity contribution in [2.75, 3.05) is 37.4 Å². The molecule has 0 atom stereocenters. The number of amides is 1. The summed E-state index contributed by atoms with van der Waals surface area (Å²) in [6.45, 7) is 3.06. The Balaban J connectivity index is 2.06. The average Bonchev–Trinajstić information content (AvgIpc) is 3.29. The van der Waals surface area contributed by atoms with Crippen molar-refractivity contribution in [3.63, 3.8) is 0 Å². The highest BCUT2D eigenvalue weighted by molar-refractivity contribution is 5.80. The van der Waals surface area contributed by atoms with Crippen molar-refractivity contribution in [3.8, 4) is 0 Å². The second kappa shape index (κ2) is 6.54. The van der Waals surface area contributed by atoms with Crippen LogP contribution in [0.5, 0.6) is 0 Å². The molecule has 0 aromatic carbocycles. The zero-order valence-corrected chi connectivity index (χ0v) is 12.4. The van der Waals surface area contributed by atoms with Crippen molar-refractivity contribution in [1.82, 2.24) is 15.3 Å². The number of rotatable bonds is 7. The highest BCUT2D eigenvalue weighted by atomic mass is 16.2. The summed E-state index contributed by atoms with van der Waals surface area (Å²) in [6, 6.07) is 1.87. The van der Waals surface area contributed by atoms with Crippen molar-refractivity contribution >= 4 is 17.5 Å². The molecule has 1 aromatic heterocycles. The first-order valence-corrected chi connectivity index (χ1v) is 7.18. The van der Waals surface area contributed by atoms with Crippen molar-refractivity contribution in [2.45, 2.75) is 32.1 Å². The van der Waals surface area contributed by atoms with E-state index in [4.69, 9.17) is 0 Å². The molecule has 20 heavy (non-hydrogen) atoms. The van der Waals surface area contributed by atoms with Crippen molar-refractivity contribution < 1.29 is 4.79 Å². The van der Waals surface area contributed by atoms with Crippen LogP contribution in [0, 0.1) is 0 Å². The van der Waals surface area contributed by atoms with Gasteiger partial charge < -0.3 is 15.5 Å². The van der Waals surface area contributed by atoms with Gasteiger partial charge in [0.25, 0.3) is 0 Å². The molecule has 2 N–H and O–H groups in total. The molecule has 1 aliphatic rings. The van der Waals surface area contributed by atoms with Crippen molar-refractivity contribution in [2.24, 2.45) is 0 Å². The Kier molecular flexibility index (Phi) is 4.76. The van der Waals surface area contributed by atoms with E-state index in [0.717, 1.165) is 36.7 Å². The minimum Gasteiger partial charge on any atom is -0.373 e. The molecule has 2 rings (SSSR count). The highest BCUT2D eigenvalue weighted by Gasteiger charge is 2.27. The first-order chi connectivity index (χ1) is 9.63. The molecule has 6 heteroatoms. The monoisotopic (exact) mass is 277 g/mol. The van der Waals surface area contributed by atoms with Crippen LogP contribution in [0.1, 0.15) is 37.9 Å². The molecule has 6 nitrogen and oxygen atoms in total.